The van der Waals surface area contributed by atoms with Crippen LogP contribution in [-0.2, 0) is 14.3 Å². The summed E-state index contributed by atoms with van der Waals surface area (Å²) >= 11 is 0. The summed E-state index contributed by atoms with van der Waals surface area (Å²) in [6.45, 7) is 10.0. The maximum atomic E-state index is 12.1. The van der Waals surface area contributed by atoms with Crippen molar-refractivity contribution in [2.75, 3.05) is 13.2 Å². The smallest absolute Gasteiger partial charge is 0.306 e. The van der Waals surface area contributed by atoms with Gasteiger partial charge in [-0.1, -0.05) is 91.4 Å². The van der Waals surface area contributed by atoms with Gasteiger partial charge in [0.1, 0.15) is 0 Å². The monoisotopic (exact) mass is 396 g/mol. The Bertz CT molecular complexity index is 376. The van der Waals surface area contributed by atoms with Crippen molar-refractivity contribution in [1.29, 1.82) is 0 Å². The molecule has 0 N–H and O–H groups in total. The quantitative estimate of drug-likeness (QED) is 0.119. The van der Waals surface area contributed by atoms with E-state index in [2.05, 4.69) is 26.8 Å². The molecule has 0 saturated carbocycles. The maximum Gasteiger partial charge on any atom is 0.306 e. The van der Waals surface area contributed by atoms with Gasteiger partial charge in [-0.3, -0.25) is 4.79 Å². The Morgan fingerprint density at radius 2 is 1.21 bits per heavy atom. The second-order valence-electron chi connectivity index (χ2n) is 8.04. The molecule has 0 amide bonds. The first-order valence-electron chi connectivity index (χ1n) is 12.1. The Labute approximate surface area is 175 Å². The molecular weight excluding hydrogens is 348 g/mol. The molecule has 0 rings (SSSR count). The lowest BCUT2D eigenvalue weighted by atomic mass is 9.97. The first kappa shape index (κ1) is 27.0. The number of ether oxygens (including phenoxy) is 2. The fourth-order valence-electron chi connectivity index (χ4n) is 3.35. The number of esters is 1. The molecule has 0 spiro atoms. The van der Waals surface area contributed by atoms with Crippen LogP contribution in [0.5, 0.6) is 0 Å². The largest absolute Gasteiger partial charge is 0.498 e. The molecule has 0 bridgehead atoms. The minimum atomic E-state index is -0.0493. The summed E-state index contributed by atoms with van der Waals surface area (Å²) in [5, 5.41) is 0. The van der Waals surface area contributed by atoms with Crippen LogP contribution in [0.15, 0.2) is 11.8 Å². The average Bonchev–Trinajstić information content (AvgIpc) is 2.70. The molecule has 28 heavy (non-hydrogen) atoms. The third-order valence-electron chi connectivity index (χ3n) is 5.39. The van der Waals surface area contributed by atoms with Gasteiger partial charge in [-0.05, 0) is 31.8 Å². The van der Waals surface area contributed by atoms with Crippen molar-refractivity contribution in [3.8, 4) is 0 Å². The normalized spacial score (nSPS) is 12.8. The number of hydrogen-bond donors (Lipinski definition) is 0. The Kier molecular flexibility index (Phi) is 20.0. The summed E-state index contributed by atoms with van der Waals surface area (Å²) in [5.74, 6) is 1.30. The van der Waals surface area contributed by atoms with Gasteiger partial charge in [0.15, 0.2) is 0 Å². The van der Waals surface area contributed by atoms with Crippen LogP contribution in [0.3, 0.4) is 0 Å². The molecule has 0 fully saturated rings. The van der Waals surface area contributed by atoms with Crippen molar-refractivity contribution < 1.29 is 14.3 Å². The molecule has 0 aromatic rings. The SMILES string of the molecule is C/C=C(/CC(CC)CC(=O)OCCCCCCCC)OCCCCCCCC. The Hall–Kier alpha value is -0.990. The second-order valence-corrected chi connectivity index (χ2v) is 8.04. The van der Waals surface area contributed by atoms with E-state index in [9.17, 15) is 4.79 Å². The summed E-state index contributed by atoms with van der Waals surface area (Å²) in [4.78, 5) is 12.1. The highest BCUT2D eigenvalue weighted by Crippen LogP contribution is 2.21. The molecule has 0 saturated heterocycles. The lowest BCUT2D eigenvalue weighted by Gasteiger charge is -2.17. The van der Waals surface area contributed by atoms with Crippen LogP contribution in [-0.4, -0.2) is 19.2 Å². The number of hydrogen-bond acceptors (Lipinski definition) is 3. The summed E-state index contributed by atoms with van der Waals surface area (Å²) in [6, 6.07) is 0. The van der Waals surface area contributed by atoms with Gasteiger partial charge in [0, 0.05) is 12.8 Å². The molecule has 3 heteroatoms. The zero-order chi connectivity index (χ0) is 20.9. The molecule has 166 valence electrons. The summed E-state index contributed by atoms with van der Waals surface area (Å²) in [6.07, 6.45) is 19.3. The topological polar surface area (TPSA) is 35.5 Å². The van der Waals surface area contributed by atoms with Crippen LogP contribution < -0.4 is 0 Å². The lowest BCUT2D eigenvalue weighted by Crippen LogP contribution is -2.13. The summed E-state index contributed by atoms with van der Waals surface area (Å²) in [7, 11) is 0. The molecule has 0 heterocycles. The van der Waals surface area contributed by atoms with Gasteiger partial charge in [-0.25, -0.2) is 0 Å². The number of unbranched alkanes of at least 4 members (excludes halogenated alkanes) is 10. The summed E-state index contributed by atoms with van der Waals surface area (Å²) < 4.78 is 11.4. The van der Waals surface area contributed by atoms with Crippen LogP contribution in [0.4, 0.5) is 0 Å². The van der Waals surface area contributed by atoms with Gasteiger partial charge in [0.05, 0.1) is 19.0 Å². The predicted molar refractivity (Wildman–Crippen MR) is 120 cm³/mol. The van der Waals surface area contributed by atoms with Gasteiger partial charge < -0.3 is 9.47 Å². The van der Waals surface area contributed by atoms with E-state index in [1.54, 1.807) is 0 Å². The number of carbonyl (C=O) groups is 1. The molecule has 1 atom stereocenters. The summed E-state index contributed by atoms with van der Waals surface area (Å²) in [5.41, 5.74) is 0. The molecule has 0 aromatic carbocycles. The van der Waals surface area contributed by atoms with E-state index in [1.165, 1.54) is 64.2 Å². The van der Waals surface area contributed by atoms with Gasteiger partial charge in [0.2, 0.25) is 0 Å². The fourth-order valence-corrected chi connectivity index (χ4v) is 3.35. The molecule has 3 nitrogen and oxygen atoms in total. The van der Waals surface area contributed by atoms with Crippen molar-refractivity contribution in [3.63, 3.8) is 0 Å². The zero-order valence-corrected chi connectivity index (χ0v) is 19.4. The molecule has 0 aliphatic rings. The van der Waals surface area contributed by atoms with E-state index in [0.717, 1.165) is 38.0 Å². The van der Waals surface area contributed by atoms with Gasteiger partial charge in [-0.2, -0.15) is 0 Å². The Morgan fingerprint density at radius 3 is 1.71 bits per heavy atom. The van der Waals surface area contributed by atoms with Gasteiger partial charge in [0.25, 0.3) is 0 Å². The molecule has 0 radical (unpaired) electrons. The minimum Gasteiger partial charge on any atom is -0.498 e. The lowest BCUT2D eigenvalue weighted by molar-refractivity contribution is -0.145. The van der Waals surface area contributed by atoms with Crippen LogP contribution in [0, 0.1) is 5.92 Å². The Balaban J connectivity index is 3.88. The molecule has 0 aliphatic carbocycles. The third-order valence-corrected chi connectivity index (χ3v) is 5.39. The highest BCUT2D eigenvalue weighted by atomic mass is 16.5. The molecular formula is C25H48O3. The minimum absolute atomic E-state index is 0.0493. The molecule has 1 unspecified atom stereocenters. The number of carbonyl (C=O) groups excluding carboxylic acids is 1. The highest BCUT2D eigenvalue weighted by Gasteiger charge is 2.15. The van der Waals surface area contributed by atoms with Gasteiger partial charge in [-0.15, -0.1) is 0 Å². The van der Waals surface area contributed by atoms with E-state index < -0.39 is 0 Å². The molecule has 0 aliphatic heterocycles. The average molecular weight is 397 g/mol. The number of rotatable bonds is 20. The van der Waals surface area contributed by atoms with Crippen LogP contribution in [0.25, 0.3) is 0 Å². The predicted octanol–water partition coefficient (Wildman–Crippen LogP) is 7.98. The van der Waals surface area contributed by atoms with Crippen LogP contribution in [0.1, 0.15) is 124 Å². The van der Waals surface area contributed by atoms with E-state index >= 15 is 0 Å². The van der Waals surface area contributed by atoms with Crippen molar-refractivity contribution in [2.24, 2.45) is 5.92 Å². The Morgan fingerprint density at radius 1 is 0.714 bits per heavy atom. The van der Waals surface area contributed by atoms with E-state index in [-0.39, 0.29) is 5.97 Å². The maximum absolute atomic E-state index is 12.1. The number of allylic oxidation sites excluding steroid dienone is 2. The highest BCUT2D eigenvalue weighted by molar-refractivity contribution is 5.69. The van der Waals surface area contributed by atoms with Crippen molar-refractivity contribution in [2.45, 2.75) is 124 Å². The van der Waals surface area contributed by atoms with Crippen molar-refractivity contribution in [3.05, 3.63) is 11.8 Å². The first-order valence-corrected chi connectivity index (χ1v) is 12.1. The van der Waals surface area contributed by atoms with Crippen LogP contribution >= 0.6 is 0 Å². The van der Waals surface area contributed by atoms with Crippen molar-refractivity contribution in [1.82, 2.24) is 0 Å². The van der Waals surface area contributed by atoms with Crippen LogP contribution in [0.2, 0.25) is 0 Å². The van der Waals surface area contributed by atoms with Crippen molar-refractivity contribution >= 4 is 5.97 Å². The first-order chi connectivity index (χ1) is 13.7. The molecule has 0 aromatic heterocycles. The van der Waals surface area contributed by atoms with E-state index in [1.807, 2.05) is 6.92 Å². The van der Waals surface area contributed by atoms with E-state index in [4.69, 9.17) is 9.47 Å². The fraction of sp³-hybridized carbons (Fsp3) is 0.880. The third kappa shape index (κ3) is 17.1. The van der Waals surface area contributed by atoms with Gasteiger partial charge >= 0.3 is 5.97 Å². The standard InChI is InChI=1S/C25H48O3/c1-5-9-11-13-15-17-19-27-24(8-4)21-23(7-3)22-25(26)28-20-18-16-14-12-10-6-2/h8,23H,5-7,9-22H2,1-4H3/b24-8-. The van der Waals surface area contributed by atoms with E-state index in [0.29, 0.717) is 18.9 Å². The zero-order valence-electron chi connectivity index (χ0n) is 19.4. The second kappa shape index (κ2) is 20.7.